The van der Waals surface area contributed by atoms with Crippen molar-refractivity contribution in [2.24, 2.45) is 0 Å². The molecule has 2 atom stereocenters. The van der Waals surface area contributed by atoms with Crippen LogP contribution in [0.25, 0.3) is 0 Å². The molecule has 116 valence electrons. The molecule has 2 aliphatic rings. The van der Waals surface area contributed by atoms with E-state index in [0.717, 1.165) is 12.8 Å². The summed E-state index contributed by atoms with van der Waals surface area (Å²) in [6.07, 6.45) is 1.71. The van der Waals surface area contributed by atoms with E-state index in [1.54, 1.807) is 6.92 Å². The van der Waals surface area contributed by atoms with Gasteiger partial charge in [0, 0.05) is 17.0 Å². The number of aliphatic hydroxyl groups excluding tert-OH is 1. The molecule has 0 radical (unpaired) electrons. The maximum atomic E-state index is 14.1. The van der Waals surface area contributed by atoms with Crippen molar-refractivity contribution in [1.82, 2.24) is 0 Å². The van der Waals surface area contributed by atoms with Gasteiger partial charge >= 0.3 is 37.4 Å². The Kier molecular flexibility index (Phi) is 5.60. The molecule has 0 spiro atoms. The summed E-state index contributed by atoms with van der Waals surface area (Å²) in [6.45, 7) is 1.06. The van der Waals surface area contributed by atoms with Crippen LogP contribution in [-0.2, 0) is 9.09 Å². The Balaban J connectivity index is 0.00000176. The van der Waals surface area contributed by atoms with Gasteiger partial charge in [-0.25, -0.2) is 4.39 Å². The van der Waals surface area contributed by atoms with Crippen LogP contribution in [0.3, 0.4) is 0 Å². The van der Waals surface area contributed by atoms with Crippen molar-refractivity contribution in [3.8, 4) is 11.5 Å². The van der Waals surface area contributed by atoms with Gasteiger partial charge in [-0.2, -0.15) is 0 Å². The van der Waals surface area contributed by atoms with E-state index in [1.807, 2.05) is 0 Å². The Labute approximate surface area is 149 Å². The molecule has 0 aromatic heterocycles. The standard InChI is InChI=1S/C13H16FO6P.Na/c1-7-5-18-13-10(14)4-9(8-2-3-8)12(11(7)13)20-21(16,17)19-6-15;/h4,7-8,15H,2-3,5-6H2,1H3,(H,16,17);/q;+1/p-1. The minimum Gasteiger partial charge on any atom is -0.746 e. The van der Waals surface area contributed by atoms with Crippen LogP contribution < -0.4 is 43.7 Å². The minimum absolute atomic E-state index is 0. The van der Waals surface area contributed by atoms with Gasteiger partial charge in [-0.15, -0.1) is 0 Å². The smallest absolute Gasteiger partial charge is 0.746 e. The van der Waals surface area contributed by atoms with Crippen LogP contribution in [0, 0.1) is 5.82 Å². The van der Waals surface area contributed by atoms with Crippen LogP contribution in [0.15, 0.2) is 6.07 Å². The number of hydrogen-bond acceptors (Lipinski definition) is 6. The van der Waals surface area contributed by atoms with Crippen molar-refractivity contribution in [1.29, 1.82) is 0 Å². The van der Waals surface area contributed by atoms with Crippen LogP contribution >= 0.6 is 7.82 Å². The van der Waals surface area contributed by atoms with E-state index in [9.17, 15) is 13.8 Å². The van der Waals surface area contributed by atoms with E-state index >= 15 is 0 Å². The molecular weight excluding hydrogens is 325 g/mol. The number of benzene rings is 1. The number of hydrogen-bond donors (Lipinski definition) is 1. The third kappa shape index (κ3) is 3.51. The molecular formula is C13H15FNaO6P. The molecule has 1 N–H and O–H groups in total. The molecule has 1 fully saturated rings. The van der Waals surface area contributed by atoms with Gasteiger partial charge in [0.15, 0.2) is 18.4 Å². The fourth-order valence-electron chi connectivity index (χ4n) is 2.55. The Bertz CT molecular complexity index is 621. The summed E-state index contributed by atoms with van der Waals surface area (Å²) in [5.74, 6) is -0.483. The molecule has 2 unspecified atom stereocenters. The zero-order valence-electron chi connectivity index (χ0n) is 12.4. The maximum absolute atomic E-state index is 14.1. The number of aliphatic hydroxyl groups is 1. The van der Waals surface area contributed by atoms with Crippen LogP contribution in [0.1, 0.15) is 42.7 Å². The third-order valence-corrected chi connectivity index (χ3v) is 4.50. The van der Waals surface area contributed by atoms with Crippen molar-refractivity contribution < 1.29 is 62.3 Å². The number of phosphoric acid groups is 1. The summed E-state index contributed by atoms with van der Waals surface area (Å²) >= 11 is 0. The second-order valence-electron chi connectivity index (χ2n) is 5.30. The van der Waals surface area contributed by atoms with Crippen LogP contribution in [0.5, 0.6) is 11.5 Å². The van der Waals surface area contributed by atoms with E-state index in [-0.39, 0.29) is 59.5 Å². The maximum Gasteiger partial charge on any atom is 1.00 e. The molecule has 1 saturated carbocycles. The molecule has 0 amide bonds. The molecule has 6 nitrogen and oxygen atoms in total. The second-order valence-corrected chi connectivity index (χ2v) is 6.64. The average Bonchev–Trinajstić information content (AvgIpc) is 3.16. The Hall–Kier alpha value is -0.140. The Morgan fingerprint density at radius 2 is 2.23 bits per heavy atom. The first-order valence-corrected chi connectivity index (χ1v) is 8.14. The average molecular weight is 340 g/mol. The van der Waals surface area contributed by atoms with Gasteiger partial charge in [-0.1, -0.05) is 6.92 Å². The summed E-state index contributed by atoms with van der Waals surface area (Å²) in [6, 6.07) is 1.27. The summed E-state index contributed by atoms with van der Waals surface area (Å²) in [7, 11) is -4.71. The Morgan fingerprint density at radius 3 is 2.82 bits per heavy atom. The molecule has 22 heavy (non-hydrogen) atoms. The van der Waals surface area contributed by atoms with Gasteiger partial charge in [0.25, 0.3) is 0 Å². The number of rotatable bonds is 5. The van der Waals surface area contributed by atoms with Gasteiger partial charge < -0.3 is 19.3 Å². The monoisotopic (exact) mass is 340 g/mol. The second kappa shape index (κ2) is 6.77. The largest absolute Gasteiger partial charge is 1.00 e. The van der Waals surface area contributed by atoms with E-state index < -0.39 is 20.4 Å². The quantitative estimate of drug-likeness (QED) is 0.421. The van der Waals surface area contributed by atoms with Crippen molar-refractivity contribution in [3.05, 3.63) is 23.0 Å². The van der Waals surface area contributed by atoms with Crippen molar-refractivity contribution in [2.45, 2.75) is 31.6 Å². The van der Waals surface area contributed by atoms with Gasteiger partial charge in [-0.05, 0) is 24.8 Å². The van der Waals surface area contributed by atoms with Gasteiger partial charge in [0.1, 0.15) is 5.75 Å². The molecule has 3 rings (SSSR count). The molecule has 0 bridgehead atoms. The van der Waals surface area contributed by atoms with E-state index in [0.29, 0.717) is 11.1 Å². The first kappa shape index (κ1) is 18.2. The van der Waals surface area contributed by atoms with Crippen LogP contribution in [0.4, 0.5) is 4.39 Å². The van der Waals surface area contributed by atoms with E-state index in [1.165, 1.54) is 6.07 Å². The topological polar surface area (TPSA) is 88.1 Å². The first-order valence-electron chi connectivity index (χ1n) is 6.68. The van der Waals surface area contributed by atoms with Crippen molar-refractivity contribution in [3.63, 3.8) is 0 Å². The Morgan fingerprint density at radius 1 is 1.55 bits per heavy atom. The molecule has 1 heterocycles. The predicted octanol–water partition coefficient (Wildman–Crippen LogP) is -0.983. The van der Waals surface area contributed by atoms with Gasteiger partial charge in [0.05, 0.1) is 6.61 Å². The van der Waals surface area contributed by atoms with Gasteiger partial charge in [0.2, 0.25) is 0 Å². The zero-order valence-corrected chi connectivity index (χ0v) is 15.3. The van der Waals surface area contributed by atoms with E-state index in [4.69, 9.17) is 14.4 Å². The molecule has 1 aromatic carbocycles. The molecule has 0 saturated heterocycles. The fraction of sp³-hybridized carbons (Fsp3) is 0.538. The van der Waals surface area contributed by atoms with Crippen LogP contribution in [-0.4, -0.2) is 18.5 Å². The summed E-state index contributed by atoms with van der Waals surface area (Å²) in [5, 5.41) is 8.60. The van der Waals surface area contributed by atoms with Crippen molar-refractivity contribution in [2.75, 3.05) is 13.4 Å². The number of fused-ring (bicyclic) bond motifs is 1. The number of halogens is 1. The fourth-order valence-corrected chi connectivity index (χ4v) is 3.17. The first-order chi connectivity index (χ1) is 9.93. The SMILES string of the molecule is CC1COc2c(F)cc(C3CC3)c(OP(=O)([O-])OCO)c21.[Na+]. The summed E-state index contributed by atoms with van der Waals surface area (Å²) in [5.41, 5.74) is 0.927. The predicted molar refractivity (Wildman–Crippen MR) is 68.7 cm³/mol. The van der Waals surface area contributed by atoms with Crippen LogP contribution in [0.2, 0.25) is 0 Å². The summed E-state index contributed by atoms with van der Waals surface area (Å²) in [4.78, 5) is 11.7. The molecule has 1 aliphatic carbocycles. The number of ether oxygens (including phenoxy) is 1. The zero-order chi connectivity index (χ0) is 15.2. The third-order valence-electron chi connectivity index (χ3n) is 3.66. The molecule has 1 aromatic rings. The normalized spacial score (nSPS) is 22.3. The van der Waals surface area contributed by atoms with E-state index in [2.05, 4.69) is 4.52 Å². The molecule has 9 heteroatoms. The summed E-state index contributed by atoms with van der Waals surface area (Å²) < 4.78 is 40.3. The minimum atomic E-state index is -4.71. The number of phosphoric ester groups is 1. The van der Waals surface area contributed by atoms with Gasteiger partial charge in [-0.3, -0.25) is 9.09 Å². The molecule has 1 aliphatic heterocycles. The van der Waals surface area contributed by atoms with Crippen molar-refractivity contribution >= 4 is 7.82 Å².